The Morgan fingerprint density at radius 2 is 1.69 bits per heavy atom. The van der Waals surface area contributed by atoms with Crippen LogP contribution in [0.15, 0.2) is 57.9 Å². The number of aromatic nitrogens is 1. The molecule has 0 saturated carbocycles. The van der Waals surface area contributed by atoms with Gasteiger partial charge >= 0.3 is 11.9 Å². The summed E-state index contributed by atoms with van der Waals surface area (Å²) in [5.41, 5.74) is -0.374. The number of halogens is 2. The Bertz CT molecular complexity index is 1480. The largest absolute Gasteiger partial charge is 0.478 e. The van der Waals surface area contributed by atoms with Crippen LogP contribution in [0.4, 0.5) is 4.39 Å². The van der Waals surface area contributed by atoms with Gasteiger partial charge in [-0.2, -0.15) is 0 Å². The van der Waals surface area contributed by atoms with Gasteiger partial charge in [-0.15, -0.1) is 0 Å². The van der Waals surface area contributed by atoms with Crippen LogP contribution in [0.1, 0.15) is 11.3 Å². The van der Waals surface area contributed by atoms with E-state index in [1.165, 1.54) is 6.07 Å². The van der Waals surface area contributed by atoms with E-state index in [1.807, 2.05) is 7.05 Å². The van der Waals surface area contributed by atoms with E-state index in [-0.39, 0.29) is 22.7 Å². The normalized spacial score (nSPS) is 15.9. The lowest BCUT2D eigenvalue weighted by Crippen LogP contribution is -2.44. The second kappa shape index (κ2) is 10.1. The van der Waals surface area contributed by atoms with E-state index < -0.39 is 33.4 Å². The van der Waals surface area contributed by atoms with Crippen LogP contribution in [-0.4, -0.2) is 77.6 Å². The van der Waals surface area contributed by atoms with Gasteiger partial charge < -0.3 is 15.1 Å². The molecule has 0 unspecified atom stereocenters. The van der Waals surface area contributed by atoms with Crippen molar-refractivity contribution >= 4 is 54.4 Å². The maximum atomic E-state index is 13.9. The number of piperazine rings is 1. The van der Waals surface area contributed by atoms with Crippen molar-refractivity contribution in [1.29, 1.82) is 0 Å². The Labute approximate surface area is 215 Å². The summed E-state index contributed by atoms with van der Waals surface area (Å²) in [4.78, 5) is 27.8. The Hall–Kier alpha value is -3.06. The number of rotatable bonds is 7. The van der Waals surface area contributed by atoms with Gasteiger partial charge in [-0.25, -0.2) is 26.4 Å². The number of hydrogen-bond acceptors (Lipinski definition) is 6. The fraction of sp³-hybridized carbons (Fsp3) is 0.250. The van der Waals surface area contributed by atoms with Crippen molar-refractivity contribution in [2.45, 2.75) is 11.4 Å². The zero-order valence-corrected chi connectivity index (χ0v) is 21.6. The number of fused-ring (bicyclic) bond motifs is 1. The number of benzene rings is 2. The van der Waals surface area contributed by atoms with Gasteiger partial charge in [0.15, 0.2) is 0 Å². The Morgan fingerprint density at radius 3 is 2.28 bits per heavy atom. The van der Waals surface area contributed by atoms with Crippen molar-refractivity contribution in [1.82, 2.24) is 13.8 Å². The van der Waals surface area contributed by atoms with Crippen molar-refractivity contribution in [3.05, 3.63) is 70.1 Å². The summed E-state index contributed by atoms with van der Waals surface area (Å²) < 4.78 is 42.8. The van der Waals surface area contributed by atoms with Crippen molar-refractivity contribution in [2.24, 2.45) is 0 Å². The topological polar surface area (TPSA) is 120 Å². The predicted octanol–water partition coefficient (Wildman–Crippen LogP) is 3.08. The van der Waals surface area contributed by atoms with Gasteiger partial charge in [-0.1, -0.05) is 15.9 Å². The van der Waals surface area contributed by atoms with E-state index >= 15 is 0 Å². The highest BCUT2D eigenvalue weighted by Crippen LogP contribution is 2.37. The molecule has 2 aromatic carbocycles. The minimum atomic E-state index is -4.46. The van der Waals surface area contributed by atoms with E-state index in [9.17, 15) is 32.6 Å². The van der Waals surface area contributed by atoms with E-state index in [0.29, 0.717) is 34.6 Å². The van der Waals surface area contributed by atoms with Gasteiger partial charge in [-0.05, 0) is 49.5 Å². The first kappa shape index (κ1) is 26.0. The number of carboxylic acids is 2. The zero-order valence-electron chi connectivity index (χ0n) is 19.2. The maximum Gasteiger partial charge on any atom is 0.338 e. The number of carbonyl (C=O) groups is 2. The van der Waals surface area contributed by atoms with Crippen molar-refractivity contribution in [3.63, 3.8) is 0 Å². The second-order valence-corrected chi connectivity index (χ2v) is 11.2. The summed E-state index contributed by atoms with van der Waals surface area (Å²) in [5.74, 6) is -3.76. The smallest absolute Gasteiger partial charge is 0.338 e. The summed E-state index contributed by atoms with van der Waals surface area (Å²) in [6.45, 7) is 3.05. The molecule has 0 radical (unpaired) electrons. The van der Waals surface area contributed by atoms with E-state index in [4.69, 9.17) is 0 Å². The van der Waals surface area contributed by atoms with Crippen LogP contribution in [0.25, 0.3) is 16.5 Å². The number of nitrogens with zero attached hydrogens (tertiary/aromatic N) is 3. The molecule has 1 aromatic heterocycles. The molecule has 1 aliphatic heterocycles. The number of carboxylic acid groups (broad SMARTS) is 2. The molecule has 1 fully saturated rings. The minimum absolute atomic E-state index is 0.180. The van der Waals surface area contributed by atoms with Crippen LogP contribution < -0.4 is 0 Å². The molecule has 0 amide bonds. The number of likely N-dealkylation sites (N-methyl/N-ethyl adjacent to an activating group) is 1. The summed E-state index contributed by atoms with van der Waals surface area (Å²) in [6, 6.07) is 8.97. The highest BCUT2D eigenvalue weighted by atomic mass is 79.9. The van der Waals surface area contributed by atoms with Gasteiger partial charge in [0.2, 0.25) is 0 Å². The summed E-state index contributed by atoms with van der Waals surface area (Å²) >= 11 is 3.40. The standard InChI is InChI=1S/C24H23BrFN3O6S/c1-27-8-10-28(11-9-27)14-20-18-12-15(25)2-7-21(18)29(23(20)19(24(32)33)13-22(30)31)36(34,35)17-5-3-16(26)4-6-17/h2-7,12-13H,8-11,14H2,1H3,(H,30,31)(H,32,33). The number of aliphatic carboxylic acids is 2. The number of hydrogen-bond donors (Lipinski definition) is 2. The lowest BCUT2D eigenvalue weighted by molar-refractivity contribution is -0.133. The van der Waals surface area contributed by atoms with Gasteiger partial charge in [0.05, 0.1) is 21.7 Å². The van der Waals surface area contributed by atoms with Gasteiger partial charge in [-0.3, -0.25) is 4.90 Å². The molecule has 3 aromatic rings. The highest BCUT2D eigenvalue weighted by molar-refractivity contribution is 9.10. The molecule has 4 rings (SSSR count). The maximum absolute atomic E-state index is 13.9. The van der Waals surface area contributed by atoms with Crippen LogP contribution in [-0.2, 0) is 26.2 Å². The Balaban J connectivity index is 2.07. The van der Waals surface area contributed by atoms with Crippen molar-refractivity contribution in [2.75, 3.05) is 33.2 Å². The second-order valence-electron chi connectivity index (χ2n) is 8.49. The molecule has 2 heterocycles. The Kier molecular flexibility index (Phi) is 7.32. The summed E-state index contributed by atoms with van der Waals surface area (Å²) in [7, 11) is -2.47. The molecule has 12 heteroatoms. The third kappa shape index (κ3) is 5.07. The predicted molar refractivity (Wildman–Crippen MR) is 135 cm³/mol. The van der Waals surface area contributed by atoms with Crippen LogP contribution in [0, 0.1) is 5.82 Å². The van der Waals surface area contributed by atoms with Gasteiger partial charge in [0.1, 0.15) is 5.82 Å². The first-order valence-electron chi connectivity index (χ1n) is 10.9. The molecule has 0 aliphatic carbocycles. The van der Waals surface area contributed by atoms with Crippen molar-refractivity contribution in [3.8, 4) is 0 Å². The molecule has 0 atom stereocenters. The lowest BCUT2D eigenvalue weighted by atomic mass is 10.0. The molecule has 1 aliphatic rings. The third-order valence-corrected chi connectivity index (χ3v) is 8.30. The van der Waals surface area contributed by atoms with Crippen molar-refractivity contribution < 1.29 is 32.6 Å². The minimum Gasteiger partial charge on any atom is -0.478 e. The first-order valence-corrected chi connectivity index (χ1v) is 13.2. The molecule has 0 spiro atoms. The van der Waals surface area contributed by atoms with E-state index in [0.717, 1.165) is 41.3 Å². The van der Waals surface area contributed by atoms with Crippen LogP contribution >= 0.6 is 15.9 Å². The quantitative estimate of drug-likeness (QED) is 0.410. The molecular formula is C24H23BrFN3O6S. The first-order chi connectivity index (χ1) is 17.0. The fourth-order valence-electron chi connectivity index (χ4n) is 4.28. The monoisotopic (exact) mass is 579 g/mol. The molecule has 190 valence electrons. The molecule has 9 nitrogen and oxygen atoms in total. The molecule has 1 saturated heterocycles. The molecule has 36 heavy (non-hydrogen) atoms. The van der Waals surface area contributed by atoms with Crippen LogP contribution in [0.5, 0.6) is 0 Å². The summed E-state index contributed by atoms with van der Waals surface area (Å²) in [6.07, 6.45) is 0.496. The van der Waals surface area contributed by atoms with Crippen LogP contribution in [0.3, 0.4) is 0 Å². The Morgan fingerprint density at radius 1 is 1.06 bits per heavy atom. The van der Waals surface area contributed by atoms with Crippen LogP contribution in [0.2, 0.25) is 0 Å². The molecule has 0 bridgehead atoms. The summed E-state index contributed by atoms with van der Waals surface area (Å²) in [5, 5.41) is 19.9. The fourth-order valence-corrected chi connectivity index (χ4v) is 6.19. The van der Waals surface area contributed by atoms with E-state index in [1.54, 1.807) is 12.1 Å². The average molecular weight is 580 g/mol. The highest BCUT2D eigenvalue weighted by Gasteiger charge is 2.32. The lowest BCUT2D eigenvalue weighted by Gasteiger charge is -2.32. The molecule has 2 N–H and O–H groups in total. The van der Waals surface area contributed by atoms with E-state index in [2.05, 4.69) is 25.7 Å². The van der Waals surface area contributed by atoms with Gasteiger partial charge in [0.25, 0.3) is 10.0 Å². The average Bonchev–Trinajstić information content (AvgIpc) is 3.12. The zero-order chi connectivity index (χ0) is 26.2. The third-order valence-electron chi connectivity index (χ3n) is 6.07. The molecular weight excluding hydrogens is 557 g/mol. The SMILES string of the molecule is CN1CCN(Cc2c(C(=CC(=O)O)C(=O)O)n(S(=O)(=O)c3ccc(F)cc3)c3ccc(Br)cc23)CC1. The van der Waals surface area contributed by atoms with Gasteiger partial charge in [0, 0.05) is 54.2 Å².